The summed E-state index contributed by atoms with van der Waals surface area (Å²) >= 11 is 1.80. The van der Waals surface area contributed by atoms with E-state index in [4.69, 9.17) is 4.74 Å². The fraction of sp³-hybridized carbons (Fsp3) is 0.333. The van der Waals surface area contributed by atoms with Crippen molar-refractivity contribution in [3.8, 4) is 0 Å². The second kappa shape index (κ2) is 6.69. The summed E-state index contributed by atoms with van der Waals surface area (Å²) in [5.74, 6) is 0. The quantitative estimate of drug-likeness (QED) is 0.855. The molecule has 0 radical (unpaired) electrons. The molecule has 1 aromatic heterocycles. The molecule has 0 saturated heterocycles. The molecule has 0 saturated carbocycles. The van der Waals surface area contributed by atoms with E-state index < -0.39 is 0 Å². The van der Waals surface area contributed by atoms with E-state index in [0.717, 1.165) is 6.54 Å². The van der Waals surface area contributed by atoms with Crippen LogP contribution in [0.2, 0.25) is 0 Å². The molecule has 0 fully saturated rings. The van der Waals surface area contributed by atoms with Crippen molar-refractivity contribution < 1.29 is 4.74 Å². The van der Waals surface area contributed by atoms with Crippen LogP contribution in [0.15, 0.2) is 41.8 Å². The molecule has 0 bridgehead atoms. The summed E-state index contributed by atoms with van der Waals surface area (Å²) in [5.41, 5.74) is 2.52. The van der Waals surface area contributed by atoms with E-state index in [1.807, 2.05) is 0 Å². The number of benzene rings is 1. The molecule has 18 heavy (non-hydrogen) atoms. The van der Waals surface area contributed by atoms with Crippen molar-refractivity contribution >= 4 is 11.3 Å². The van der Waals surface area contributed by atoms with Crippen molar-refractivity contribution in [1.29, 1.82) is 0 Å². The lowest BCUT2D eigenvalue weighted by molar-refractivity contribution is 0.185. The van der Waals surface area contributed by atoms with E-state index in [9.17, 15) is 0 Å². The number of rotatable bonds is 6. The lowest BCUT2D eigenvalue weighted by Crippen LogP contribution is -2.17. The summed E-state index contributed by atoms with van der Waals surface area (Å²) in [6.07, 6.45) is 0. The first-order chi connectivity index (χ1) is 8.79. The molecule has 96 valence electrons. The minimum atomic E-state index is 0.406. The number of hydrogen-bond acceptors (Lipinski definition) is 3. The van der Waals surface area contributed by atoms with Gasteiger partial charge in [0.1, 0.15) is 0 Å². The van der Waals surface area contributed by atoms with E-state index in [0.29, 0.717) is 12.6 Å². The molecule has 1 aromatic carbocycles. The van der Waals surface area contributed by atoms with Gasteiger partial charge in [-0.2, -0.15) is 0 Å². The van der Waals surface area contributed by atoms with E-state index in [-0.39, 0.29) is 0 Å². The maximum atomic E-state index is 5.10. The lowest BCUT2D eigenvalue weighted by Gasteiger charge is -2.12. The van der Waals surface area contributed by atoms with Gasteiger partial charge in [-0.25, -0.2) is 0 Å². The second-order valence-electron chi connectivity index (χ2n) is 4.37. The number of methoxy groups -OCH3 is 1. The van der Waals surface area contributed by atoms with Crippen LogP contribution in [0.1, 0.15) is 29.0 Å². The number of hydrogen-bond donors (Lipinski definition) is 1. The summed E-state index contributed by atoms with van der Waals surface area (Å²) in [5, 5.41) is 5.65. The molecule has 2 aromatic rings. The lowest BCUT2D eigenvalue weighted by atomic mass is 10.1. The highest BCUT2D eigenvalue weighted by molar-refractivity contribution is 7.10. The molecule has 1 heterocycles. The van der Waals surface area contributed by atoms with Crippen molar-refractivity contribution in [2.24, 2.45) is 0 Å². The SMILES string of the molecule is COCc1ccc(CNC(C)c2cccs2)cc1. The largest absolute Gasteiger partial charge is 0.380 e. The first-order valence-electron chi connectivity index (χ1n) is 6.13. The van der Waals surface area contributed by atoms with Gasteiger partial charge in [-0.1, -0.05) is 30.3 Å². The highest BCUT2D eigenvalue weighted by Gasteiger charge is 2.05. The molecular weight excluding hydrogens is 242 g/mol. The van der Waals surface area contributed by atoms with Crippen LogP contribution < -0.4 is 5.32 Å². The van der Waals surface area contributed by atoms with Gasteiger partial charge in [-0.15, -0.1) is 11.3 Å². The van der Waals surface area contributed by atoms with Crippen LogP contribution >= 0.6 is 11.3 Å². The average molecular weight is 261 g/mol. The van der Waals surface area contributed by atoms with Crippen LogP contribution in [-0.4, -0.2) is 7.11 Å². The Morgan fingerprint density at radius 2 is 1.89 bits per heavy atom. The van der Waals surface area contributed by atoms with Crippen LogP contribution in [0.3, 0.4) is 0 Å². The molecule has 1 unspecified atom stereocenters. The van der Waals surface area contributed by atoms with Crippen molar-refractivity contribution in [2.75, 3.05) is 7.11 Å². The number of ether oxygens (including phenoxy) is 1. The van der Waals surface area contributed by atoms with E-state index in [1.54, 1.807) is 18.4 Å². The van der Waals surface area contributed by atoms with Crippen molar-refractivity contribution in [3.63, 3.8) is 0 Å². The summed E-state index contributed by atoms with van der Waals surface area (Å²) in [6, 6.07) is 13.2. The Balaban J connectivity index is 1.86. The predicted octanol–water partition coefficient (Wildman–Crippen LogP) is 3.75. The third-order valence-electron chi connectivity index (χ3n) is 2.92. The van der Waals surface area contributed by atoms with Crippen LogP contribution in [-0.2, 0) is 17.9 Å². The van der Waals surface area contributed by atoms with E-state index in [2.05, 4.69) is 54.0 Å². The Kier molecular flexibility index (Phi) is 4.93. The first-order valence-corrected chi connectivity index (χ1v) is 7.01. The van der Waals surface area contributed by atoms with Gasteiger partial charge in [0, 0.05) is 24.6 Å². The maximum Gasteiger partial charge on any atom is 0.0713 e. The van der Waals surface area contributed by atoms with Crippen molar-refractivity contribution in [1.82, 2.24) is 5.32 Å². The molecule has 2 rings (SSSR count). The van der Waals surface area contributed by atoms with Crippen molar-refractivity contribution in [2.45, 2.75) is 26.1 Å². The molecule has 3 heteroatoms. The summed E-state index contributed by atoms with van der Waals surface area (Å²) in [6.45, 7) is 3.77. The van der Waals surface area contributed by atoms with Gasteiger partial charge in [-0.3, -0.25) is 0 Å². The number of nitrogens with one attached hydrogen (secondary N) is 1. The predicted molar refractivity (Wildman–Crippen MR) is 76.7 cm³/mol. The minimum absolute atomic E-state index is 0.406. The van der Waals surface area contributed by atoms with E-state index >= 15 is 0 Å². The normalized spacial score (nSPS) is 12.6. The Hall–Kier alpha value is -1.16. The molecule has 0 aliphatic heterocycles. The van der Waals surface area contributed by atoms with Gasteiger partial charge >= 0.3 is 0 Å². The molecule has 0 amide bonds. The minimum Gasteiger partial charge on any atom is -0.380 e. The zero-order chi connectivity index (χ0) is 12.8. The average Bonchev–Trinajstić information content (AvgIpc) is 2.92. The summed E-state index contributed by atoms with van der Waals surface area (Å²) in [4.78, 5) is 1.38. The van der Waals surface area contributed by atoms with Gasteiger partial charge < -0.3 is 10.1 Å². The second-order valence-corrected chi connectivity index (χ2v) is 5.35. The zero-order valence-electron chi connectivity index (χ0n) is 10.8. The van der Waals surface area contributed by atoms with Gasteiger partial charge in [0.05, 0.1) is 6.61 Å². The van der Waals surface area contributed by atoms with Crippen molar-refractivity contribution in [3.05, 3.63) is 57.8 Å². The van der Waals surface area contributed by atoms with Gasteiger partial charge in [0.15, 0.2) is 0 Å². The molecule has 0 aliphatic rings. The van der Waals surface area contributed by atoms with Crippen LogP contribution in [0.5, 0.6) is 0 Å². The molecule has 1 N–H and O–H groups in total. The third-order valence-corrected chi connectivity index (χ3v) is 3.97. The summed E-state index contributed by atoms with van der Waals surface area (Å²) < 4.78 is 5.10. The molecule has 0 aliphatic carbocycles. The highest BCUT2D eigenvalue weighted by Crippen LogP contribution is 2.18. The third kappa shape index (κ3) is 3.67. The van der Waals surface area contributed by atoms with Gasteiger partial charge in [-0.05, 0) is 29.5 Å². The Morgan fingerprint density at radius 1 is 1.17 bits per heavy atom. The molecule has 1 atom stereocenters. The Bertz CT molecular complexity index is 450. The van der Waals surface area contributed by atoms with Crippen LogP contribution in [0.25, 0.3) is 0 Å². The van der Waals surface area contributed by atoms with Crippen LogP contribution in [0, 0.1) is 0 Å². The monoisotopic (exact) mass is 261 g/mol. The standard InChI is InChI=1S/C15H19NOS/c1-12(15-4-3-9-18-15)16-10-13-5-7-14(8-6-13)11-17-2/h3-9,12,16H,10-11H2,1-2H3. The zero-order valence-corrected chi connectivity index (χ0v) is 11.7. The van der Waals surface area contributed by atoms with E-state index in [1.165, 1.54) is 16.0 Å². The fourth-order valence-electron chi connectivity index (χ4n) is 1.83. The molecular formula is C15H19NOS. The Labute approximate surface area is 113 Å². The fourth-order valence-corrected chi connectivity index (χ4v) is 2.59. The van der Waals surface area contributed by atoms with Gasteiger partial charge in [0.2, 0.25) is 0 Å². The maximum absolute atomic E-state index is 5.10. The molecule has 0 spiro atoms. The smallest absolute Gasteiger partial charge is 0.0713 e. The van der Waals surface area contributed by atoms with Crippen LogP contribution in [0.4, 0.5) is 0 Å². The highest BCUT2D eigenvalue weighted by atomic mass is 32.1. The summed E-state index contributed by atoms with van der Waals surface area (Å²) in [7, 11) is 1.72. The topological polar surface area (TPSA) is 21.3 Å². The Morgan fingerprint density at radius 3 is 2.50 bits per heavy atom. The number of thiophene rings is 1. The first kappa shape index (κ1) is 13.3. The van der Waals surface area contributed by atoms with Gasteiger partial charge in [0.25, 0.3) is 0 Å². The molecule has 2 nitrogen and oxygen atoms in total.